The Kier molecular flexibility index (Phi) is 4.44. The Morgan fingerprint density at radius 1 is 1.09 bits per heavy atom. The summed E-state index contributed by atoms with van der Waals surface area (Å²) in [7, 11) is 0. The lowest BCUT2D eigenvalue weighted by Gasteiger charge is -2.46. The van der Waals surface area contributed by atoms with Gasteiger partial charge in [-0.05, 0) is 72.7 Å². The van der Waals surface area contributed by atoms with Crippen LogP contribution in [0.15, 0.2) is 25.0 Å². The first-order valence-electron chi connectivity index (χ1n) is 7.81. The maximum Gasteiger partial charge on any atom is 0.220 e. The van der Waals surface area contributed by atoms with Crippen LogP contribution in [0.3, 0.4) is 0 Å². The van der Waals surface area contributed by atoms with Crippen LogP contribution in [-0.2, 0) is 0 Å². The highest BCUT2D eigenvalue weighted by Crippen LogP contribution is 2.44. The summed E-state index contributed by atoms with van der Waals surface area (Å²) in [5.41, 5.74) is 15.1. The van der Waals surface area contributed by atoms with E-state index in [4.69, 9.17) is 16.5 Å². The van der Waals surface area contributed by atoms with Crippen LogP contribution in [0.1, 0.15) is 43.2 Å². The molecule has 7 heteroatoms. The average molecular weight is 443 g/mol. The van der Waals surface area contributed by atoms with E-state index in [1.54, 1.807) is 0 Å². The van der Waals surface area contributed by atoms with Crippen molar-refractivity contribution in [1.29, 1.82) is 0 Å². The van der Waals surface area contributed by atoms with Gasteiger partial charge in [-0.3, -0.25) is 4.90 Å². The molecule has 2 aliphatic rings. The molecule has 0 aromatic heterocycles. The summed E-state index contributed by atoms with van der Waals surface area (Å²) in [5.74, 6) is 0.698. The molecule has 4 N–H and O–H groups in total. The van der Waals surface area contributed by atoms with Crippen molar-refractivity contribution in [2.24, 2.45) is 21.5 Å². The zero-order chi connectivity index (χ0) is 16.8. The van der Waals surface area contributed by atoms with Crippen molar-refractivity contribution < 1.29 is 0 Å². The van der Waals surface area contributed by atoms with Gasteiger partial charge in [0.15, 0.2) is 0 Å². The minimum absolute atomic E-state index is 0.280. The minimum Gasteiger partial charge on any atom is -0.369 e. The molecule has 0 bridgehead atoms. The first-order valence-corrected chi connectivity index (χ1v) is 9.39. The molecule has 1 aromatic rings. The lowest BCUT2D eigenvalue weighted by atomic mass is 9.87. The SMILES string of the molecule is Cc1cc(N2C(N)=NC(N)=NC23CCCCC3)c(Br)c(C)c1Br. The van der Waals surface area contributed by atoms with Crippen molar-refractivity contribution in [2.75, 3.05) is 4.90 Å². The van der Waals surface area contributed by atoms with Crippen LogP contribution in [0.2, 0.25) is 0 Å². The molecule has 1 heterocycles. The molecular weight excluding hydrogens is 422 g/mol. The number of nitrogens with two attached hydrogens (primary N) is 2. The molecule has 0 amide bonds. The number of rotatable bonds is 1. The van der Waals surface area contributed by atoms with Crippen LogP contribution in [0.4, 0.5) is 5.69 Å². The van der Waals surface area contributed by atoms with Gasteiger partial charge in [0, 0.05) is 8.95 Å². The molecule has 1 aliphatic heterocycles. The fourth-order valence-corrected chi connectivity index (χ4v) is 4.62. The number of nitrogens with zero attached hydrogens (tertiary/aromatic N) is 3. The largest absolute Gasteiger partial charge is 0.369 e. The van der Waals surface area contributed by atoms with E-state index in [1.807, 2.05) is 0 Å². The molecule has 5 nitrogen and oxygen atoms in total. The summed E-state index contributed by atoms with van der Waals surface area (Å²) in [6.07, 6.45) is 5.33. The Hall–Kier alpha value is -1.08. The van der Waals surface area contributed by atoms with Gasteiger partial charge in [-0.25, -0.2) is 4.99 Å². The third kappa shape index (κ3) is 2.78. The minimum atomic E-state index is -0.413. The number of anilines is 1. The molecule has 1 aliphatic carbocycles. The Balaban J connectivity index is 2.18. The van der Waals surface area contributed by atoms with Crippen molar-refractivity contribution >= 4 is 49.5 Å². The van der Waals surface area contributed by atoms with Crippen molar-refractivity contribution in [2.45, 2.75) is 51.6 Å². The van der Waals surface area contributed by atoms with Gasteiger partial charge >= 0.3 is 0 Å². The third-order valence-corrected chi connectivity index (χ3v) is 6.90. The standard InChI is InChI=1S/C16H21Br2N5/c1-9-8-11(13(18)10(2)12(9)17)23-15(20)21-14(19)22-16(23)6-4-3-5-7-16/h8H,3-7H2,1-2H3,(H4,19,20,21,22). The Labute approximate surface area is 153 Å². The summed E-state index contributed by atoms with van der Waals surface area (Å²) in [6.45, 7) is 4.16. The van der Waals surface area contributed by atoms with Crippen molar-refractivity contribution in [3.63, 3.8) is 0 Å². The van der Waals surface area contributed by atoms with E-state index >= 15 is 0 Å². The van der Waals surface area contributed by atoms with E-state index in [0.29, 0.717) is 5.96 Å². The van der Waals surface area contributed by atoms with Crippen molar-refractivity contribution in [3.8, 4) is 0 Å². The fraction of sp³-hybridized carbons (Fsp3) is 0.500. The van der Waals surface area contributed by atoms with Gasteiger partial charge in [0.1, 0.15) is 5.66 Å². The maximum atomic E-state index is 6.30. The van der Waals surface area contributed by atoms with Crippen LogP contribution < -0.4 is 16.4 Å². The number of hydrogen-bond donors (Lipinski definition) is 2. The van der Waals surface area contributed by atoms with Gasteiger partial charge < -0.3 is 11.5 Å². The quantitative estimate of drug-likeness (QED) is 0.691. The summed E-state index contributed by atoms with van der Waals surface area (Å²) in [6, 6.07) is 2.12. The van der Waals surface area contributed by atoms with Crippen LogP contribution in [0.25, 0.3) is 0 Å². The molecule has 1 fully saturated rings. The molecular formula is C16H21Br2N5. The topological polar surface area (TPSA) is 80.0 Å². The van der Waals surface area contributed by atoms with Crippen LogP contribution in [0, 0.1) is 13.8 Å². The van der Waals surface area contributed by atoms with Crippen molar-refractivity contribution in [3.05, 3.63) is 26.1 Å². The second-order valence-corrected chi connectivity index (χ2v) is 7.87. The lowest BCUT2D eigenvalue weighted by Crippen LogP contribution is -2.58. The van der Waals surface area contributed by atoms with E-state index in [0.717, 1.165) is 51.4 Å². The molecule has 1 spiro atoms. The predicted molar refractivity (Wildman–Crippen MR) is 103 cm³/mol. The molecule has 23 heavy (non-hydrogen) atoms. The highest BCUT2D eigenvalue weighted by atomic mass is 79.9. The Bertz CT molecular complexity index is 705. The van der Waals surface area contributed by atoms with E-state index in [9.17, 15) is 0 Å². The lowest BCUT2D eigenvalue weighted by molar-refractivity contribution is 0.305. The van der Waals surface area contributed by atoms with Crippen LogP contribution in [-0.4, -0.2) is 17.6 Å². The molecule has 0 atom stereocenters. The number of halogens is 2. The number of benzene rings is 1. The molecule has 124 valence electrons. The van der Waals surface area contributed by atoms with E-state index < -0.39 is 5.66 Å². The number of aryl methyl sites for hydroxylation is 1. The summed E-state index contributed by atoms with van der Waals surface area (Å²) < 4.78 is 2.11. The fourth-order valence-electron chi connectivity index (χ4n) is 3.55. The number of guanidine groups is 2. The van der Waals surface area contributed by atoms with E-state index in [1.165, 1.54) is 6.42 Å². The molecule has 3 rings (SSSR count). The van der Waals surface area contributed by atoms with Crippen LogP contribution in [0.5, 0.6) is 0 Å². The first kappa shape index (κ1) is 16.8. The number of aliphatic imine (C=N–C) groups is 2. The van der Waals surface area contributed by atoms with Gasteiger partial charge in [-0.2, -0.15) is 4.99 Å². The summed E-state index contributed by atoms with van der Waals surface area (Å²) in [4.78, 5) is 11.0. The summed E-state index contributed by atoms with van der Waals surface area (Å²) >= 11 is 7.37. The van der Waals surface area contributed by atoms with E-state index in [-0.39, 0.29) is 5.96 Å². The van der Waals surface area contributed by atoms with Gasteiger partial charge in [-0.1, -0.05) is 22.4 Å². The van der Waals surface area contributed by atoms with Crippen molar-refractivity contribution in [1.82, 2.24) is 0 Å². The molecule has 0 radical (unpaired) electrons. The smallest absolute Gasteiger partial charge is 0.220 e. The van der Waals surface area contributed by atoms with Gasteiger partial charge in [-0.15, -0.1) is 0 Å². The van der Waals surface area contributed by atoms with Gasteiger partial charge in [0.05, 0.1) is 5.69 Å². The van der Waals surface area contributed by atoms with Gasteiger partial charge in [0.2, 0.25) is 11.9 Å². The summed E-state index contributed by atoms with van der Waals surface area (Å²) in [5, 5.41) is 0. The Morgan fingerprint density at radius 2 is 1.74 bits per heavy atom. The molecule has 0 saturated heterocycles. The molecule has 1 aromatic carbocycles. The molecule has 0 unspecified atom stereocenters. The predicted octanol–water partition coefficient (Wildman–Crippen LogP) is 3.94. The zero-order valence-corrected chi connectivity index (χ0v) is 16.5. The average Bonchev–Trinajstić information content (AvgIpc) is 2.50. The third-order valence-electron chi connectivity index (χ3n) is 4.68. The Morgan fingerprint density at radius 3 is 2.39 bits per heavy atom. The van der Waals surface area contributed by atoms with Crippen LogP contribution >= 0.6 is 31.9 Å². The number of hydrogen-bond acceptors (Lipinski definition) is 5. The van der Waals surface area contributed by atoms with E-state index in [2.05, 4.69) is 61.7 Å². The zero-order valence-electron chi connectivity index (χ0n) is 13.4. The molecule has 1 saturated carbocycles. The second-order valence-electron chi connectivity index (χ2n) is 6.28. The highest BCUT2D eigenvalue weighted by Gasteiger charge is 2.43. The monoisotopic (exact) mass is 441 g/mol. The second kappa shape index (κ2) is 6.09. The van der Waals surface area contributed by atoms with Gasteiger partial charge in [0.25, 0.3) is 0 Å². The highest BCUT2D eigenvalue weighted by molar-refractivity contribution is 9.11. The first-order chi connectivity index (χ1) is 10.9. The normalized spacial score (nSPS) is 20.4. The maximum absolute atomic E-state index is 6.30.